The van der Waals surface area contributed by atoms with Crippen LogP contribution in [0.4, 0.5) is 0 Å². The topological polar surface area (TPSA) is 179 Å². The molecule has 64 valence electrons. The molecule has 0 aliphatic rings. The first-order chi connectivity index (χ1) is 3.73. The van der Waals surface area contributed by atoms with Gasteiger partial charge in [-0.3, -0.25) is 8.42 Å². The standard InChI is InChI=1S/Mg.HNO3.H3N.H2O4S/c;2-1(3)4;;1-5(2,3)4/h;(H,2,3,4);1H3;(H2,1,2,3,4)/q+2;;;/p-2. The fourth-order valence-corrected chi connectivity index (χ4v) is 0. The Morgan fingerprint density at radius 1 is 1.27 bits per heavy atom. The number of hydrogen-bond donors (Lipinski definition) is 2. The van der Waals surface area contributed by atoms with Gasteiger partial charge in [0.05, 0.1) is 0 Å². The van der Waals surface area contributed by atoms with E-state index in [0.29, 0.717) is 0 Å². The van der Waals surface area contributed by atoms with E-state index in [1.54, 1.807) is 0 Å². The minimum absolute atomic E-state index is 0. The molecule has 0 aromatic carbocycles. The molecule has 0 saturated heterocycles. The molecular formula is H4MgN2O7S. The average Bonchev–Trinajstić information content (AvgIpc) is 1.19. The molecule has 0 aliphatic carbocycles. The molecule has 11 heavy (non-hydrogen) atoms. The molecule has 9 nitrogen and oxygen atoms in total. The van der Waals surface area contributed by atoms with Gasteiger partial charge in [0, 0.05) is 10.4 Å². The van der Waals surface area contributed by atoms with Gasteiger partial charge in [-0.25, -0.2) is 0 Å². The fourth-order valence-electron chi connectivity index (χ4n) is 0. The summed E-state index contributed by atoms with van der Waals surface area (Å²) >= 11 is 0. The van der Waals surface area contributed by atoms with Gasteiger partial charge in [0.15, 0.2) is 0 Å². The van der Waals surface area contributed by atoms with E-state index in [2.05, 4.69) is 0 Å². The van der Waals surface area contributed by atoms with Gasteiger partial charge < -0.3 is 20.5 Å². The van der Waals surface area contributed by atoms with E-state index >= 15 is 0 Å². The Bertz CT molecular complexity index is 159. The van der Waals surface area contributed by atoms with Crippen molar-refractivity contribution in [2.75, 3.05) is 0 Å². The van der Waals surface area contributed by atoms with Crippen molar-refractivity contribution >= 4 is 33.5 Å². The Balaban J connectivity index is -0.0000000383. The van der Waals surface area contributed by atoms with Crippen LogP contribution in [0.5, 0.6) is 0 Å². The average molecular weight is 200 g/mol. The summed E-state index contributed by atoms with van der Waals surface area (Å²) in [6, 6.07) is 0. The van der Waals surface area contributed by atoms with Crippen LogP contribution >= 0.6 is 0 Å². The Labute approximate surface area is 77.8 Å². The van der Waals surface area contributed by atoms with Crippen LogP contribution < -0.4 is 6.15 Å². The summed E-state index contributed by atoms with van der Waals surface area (Å²) in [5.41, 5.74) is 0. The van der Waals surface area contributed by atoms with Gasteiger partial charge in [0.1, 0.15) is 0 Å². The molecule has 11 heteroatoms. The maximum Gasteiger partial charge on any atom is 2.00 e. The van der Waals surface area contributed by atoms with Gasteiger partial charge in [-0.15, -0.1) is 10.1 Å². The van der Waals surface area contributed by atoms with Gasteiger partial charge in [-0.1, -0.05) is 0 Å². The SMILES string of the molecule is N.O=S(=O)([O-])[O-].O=[N+]([O-])O.[Mg+2]. The van der Waals surface area contributed by atoms with Crippen molar-refractivity contribution in [3.05, 3.63) is 10.1 Å². The third-order valence-corrected chi connectivity index (χ3v) is 0. The van der Waals surface area contributed by atoms with Crippen LogP contribution in [0, 0.1) is 10.1 Å². The van der Waals surface area contributed by atoms with Crippen molar-refractivity contribution in [2.24, 2.45) is 0 Å². The molecule has 4 N–H and O–H groups in total. The zero-order valence-corrected chi connectivity index (χ0v) is 7.40. The second-order valence-electron chi connectivity index (χ2n) is 0.646. The Hall–Kier alpha value is -0.204. The zero-order valence-electron chi connectivity index (χ0n) is 5.17. The van der Waals surface area contributed by atoms with E-state index in [4.69, 9.17) is 32.8 Å². The van der Waals surface area contributed by atoms with Gasteiger partial charge in [0.2, 0.25) is 0 Å². The Kier molecular flexibility index (Phi) is 20.0. The largest absolute Gasteiger partial charge is 2.00 e. The van der Waals surface area contributed by atoms with Crippen molar-refractivity contribution in [1.82, 2.24) is 6.15 Å². The zero-order chi connectivity index (χ0) is 8.08. The molecule has 0 atom stereocenters. The quantitative estimate of drug-likeness (QED) is 0.149. The molecular weight excluding hydrogens is 196 g/mol. The van der Waals surface area contributed by atoms with Crippen molar-refractivity contribution in [3.63, 3.8) is 0 Å². The van der Waals surface area contributed by atoms with Crippen molar-refractivity contribution in [2.45, 2.75) is 0 Å². The molecule has 0 heterocycles. The first-order valence-electron chi connectivity index (χ1n) is 1.23. The van der Waals surface area contributed by atoms with E-state index < -0.39 is 15.5 Å². The maximum absolute atomic E-state index is 8.52. The third-order valence-electron chi connectivity index (χ3n) is 0. The van der Waals surface area contributed by atoms with Crippen molar-refractivity contribution in [1.29, 1.82) is 0 Å². The minimum Gasteiger partial charge on any atom is -0.759 e. The van der Waals surface area contributed by atoms with Crippen LogP contribution in [0.3, 0.4) is 0 Å². The van der Waals surface area contributed by atoms with E-state index in [-0.39, 0.29) is 29.2 Å². The predicted octanol–water partition coefficient (Wildman–Crippen LogP) is -1.90. The Morgan fingerprint density at radius 2 is 1.27 bits per heavy atom. The molecule has 0 unspecified atom stereocenters. The molecule has 0 bridgehead atoms. The van der Waals surface area contributed by atoms with Gasteiger partial charge in [0.25, 0.3) is 5.09 Å². The number of rotatable bonds is 0. The minimum atomic E-state index is -5.17. The van der Waals surface area contributed by atoms with E-state index in [1.165, 1.54) is 0 Å². The third kappa shape index (κ3) is 14300. The molecule has 0 aliphatic heterocycles. The van der Waals surface area contributed by atoms with Crippen LogP contribution in [0.25, 0.3) is 0 Å². The molecule has 0 spiro atoms. The summed E-state index contributed by atoms with van der Waals surface area (Å²) in [5.74, 6) is 0. The molecule has 0 amide bonds. The second-order valence-corrected chi connectivity index (χ2v) is 1.46. The normalized spacial score (nSPS) is 7.45. The second kappa shape index (κ2) is 9.80. The molecule has 0 saturated carbocycles. The van der Waals surface area contributed by atoms with Crippen LogP contribution in [0.1, 0.15) is 0 Å². The van der Waals surface area contributed by atoms with Gasteiger partial charge in [-0.05, 0) is 0 Å². The van der Waals surface area contributed by atoms with Crippen molar-refractivity contribution in [3.8, 4) is 0 Å². The summed E-state index contributed by atoms with van der Waals surface area (Å²) in [7, 11) is -5.17. The van der Waals surface area contributed by atoms with E-state index in [9.17, 15) is 0 Å². The van der Waals surface area contributed by atoms with Crippen molar-refractivity contribution < 1.29 is 27.8 Å². The van der Waals surface area contributed by atoms with Gasteiger partial charge >= 0.3 is 23.1 Å². The van der Waals surface area contributed by atoms with Gasteiger partial charge in [-0.2, -0.15) is 0 Å². The summed E-state index contributed by atoms with van der Waals surface area (Å²) < 4.78 is 34.1. The first kappa shape index (κ1) is 22.4. The molecule has 0 aromatic heterocycles. The summed E-state index contributed by atoms with van der Waals surface area (Å²) in [4.78, 5) is 8.36. The maximum atomic E-state index is 8.52. The molecule has 0 aromatic rings. The fraction of sp³-hybridized carbons (Fsp3) is 0. The number of hydrogen-bond acceptors (Lipinski definition) is 7. The van der Waals surface area contributed by atoms with E-state index in [0.717, 1.165) is 0 Å². The Morgan fingerprint density at radius 3 is 1.27 bits per heavy atom. The molecule has 0 fully saturated rings. The van der Waals surface area contributed by atoms with Crippen LogP contribution in [-0.2, 0) is 10.4 Å². The molecule has 0 radical (unpaired) electrons. The number of nitrogens with zero attached hydrogens (tertiary/aromatic N) is 1. The summed E-state index contributed by atoms with van der Waals surface area (Å²) in [5, 5.41) is 13.6. The van der Waals surface area contributed by atoms with Crippen LogP contribution in [0.15, 0.2) is 0 Å². The monoisotopic (exact) mass is 200 g/mol. The summed E-state index contributed by atoms with van der Waals surface area (Å²) in [6.45, 7) is 0. The first-order valence-corrected chi connectivity index (χ1v) is 2.57. The van der Waals surface area contributed by atoms with Crippen LogP contribution in [0.2, 0.25) is 0 Å². The van der Waals surface area contributed by atoms with E-state index in [1.807, 2.05) is 0 Å². The predicted molar refractivity (Wildman–Crippen MR) is 30.0 cm³/mol. The smallest absolute Gasteiger partial charge is 0.759 e. The summed E-state index contributed by atoms with van der Waals surface area (Å²) in [6.07, 6.45) is 0. The van der Waals surface area contributed by atoms with Crippen LogP contribution in [-0.4, -0.2) is 50.9 Å². The molecule has 0 rings (SSSR count).